The van der Waals surface area contributed by atoms with Gasteiger partial charge in [-0.25, -0.2) is 0 Å². The summed E-state index contributed by atoms with van der Waals surface area (Å²) >= 11 is 0. The maximum Gasteiger partial charge on any atom is 0.269 e. The minimum atomic E-state index is -2.65. The molecule has 0 unspecified atom stereocenters. The number of aliphatic hydroxyl groups is 1. The lowest BCUT2D eigenvalue weighted by Crippen LogP contribution is -2.52. The second-order valence-corrected chi connectivity index (χ2v) is 21.1. The fourth-order valence-electron chi connectivity index (χ4n) is 9.95. The quantitative estimate of drug-likeness (QED) is 0.133. The van der Waals surface area contributed by atoms with E-state index in [-0.39, 0.29) is 55.1 Å². The highest BCUT2D eigenvalue weighted by atomic mass is 28.3. The number of amides is 3. The van der Waals surface area contributed by atoms with Crippen LogP contribution in [0.5, 0.6) is 5.75 Å². The minimum Gasteiger partial charge on any atom is -0.497 e. The van der Waals surface area contributed by atoms with Gasteiger partial charge in [-0.15, -0.1) is 0 Å². The summed E-state index contributed by atoms with van der Waals surface area (Å²) in [5, 5.41) is 26.9. The highest BCUT2D eigenvalue weighted by molar-refractivity contribution is 6.91. The number of ether oxygens (including phenoxy) is 2. The number of non-ortho nitro benzene ring substituents is 1. The summed E-state index contributed by atoms with van der Waals surface area (Å²) in [5.41, 5.74) is 2.57. The third-order valence-electron chi connectivity index (χ3n) is 13.0. The number of anilines is 2. The number of nitrogens with one attached hydrogen (secondary N) is 1. The van der Waals surface area contributed by atoms with Gasteiger partial charge >= 0.3 is 0 Å². The van der Waals surface area contributed by atoms with Gasteiger partial charge in [0.05, 0.1) is 64.1 Å². The number of fused-ring (bicyclic) bond motifs is 3. The molecule has 4 aliphatic heterocycles. The smallest absolute Gasteiger partial charge is 0.269 e. The first-order chi connectivity index (χ1) is 27.9. The topological polar surface area (TPSA) is 155 Å². The van der Waals surface area contributed by atoms with Crippen molar-refractivity contribution in [3.05, 3.63) is 123 Å². The van der Waals surface area contributed by atoms with Gasteiger partial charge < -0.3 is 34.6 Å². The highest BCUT2D eigenvalue weighted by Crippen LogP contribution is 2.60. The number of piperazine rings is 1. The lowest BCUT2D eigenvalue weighted by atomic mass is 9.82. The van der Waals surface area contributed by atoms with Crippen molar-refractivity contribution in [1.82, 2.24) is 10.2 Å². The van der Waals surface area contributed by atoms with Gasteiger partial charge in [0.1, 0.15) is 5.75 Å². The summed E-state index contributed by atoms with van der Waals surface area (Å²) in [6, 6.07) is 27.5. The lowest BCUT2D eigenvalue weighted by Gasteiger charge is -2.39. The Hall–Kier alpha value is -5.41. The molecular weight excluding hydrogens is 755 g/mol. The van der Waals surface area contributed by atoms with Crippen LogP contribution in [0.3, 0.4) is 0 Å². The molecule has 2 fully saturated rings. The van der Waals surface area contributed by atoms with Gasteiger partial charge in [-0.05, 0) is 59.0 Å². The van der Waals surface area contributed by atoms with Crippen LogP contribution in [0.25, 0.3) is 0 Å². The molecule has 0 radical (unpaired) electrons. The summed E-state index contributed by atoms with van der Waals surface area (Å²) < 4.78 is 12.6. The van der Waals surface area contributed by atoms with Crippen LogP contribution >= 0.6 is 0 Å². The summed E-state index contributed by atoms with van der Waals surface area (Å²) in [6.07, 6.45) is -0.239. The molecule has 0 aliphatic carbocycles. The Labute approximate surface area is 338 Å². The third-order valence-corrected chi connectivity index (χ3v) is 17.3. The van der Waals surface area contributed by atoms with Crippen LogP contribution < -0.4 is 25.0 Å². The first kappa shape index (κ1) is 39.4. The van der Waals surface area contributed by atoms with Crippen molar-refractivity contribution in [2.75, 3.05) is 43.2 Å². The first-order valence-electron chi connectivity index (χ1n) is 19.9. The van der Waals surface area contributed by atoms with Gasteiger partial charge in [-0.1, -0.05) is 73.7 Å². The zero-order valence-corrected chi connectivity index (χ0v) is 34.2. The van der Waals surface area contributed by atoms with Gasteiger partial charge in [0, 0.05) is 48.9 Å². The molecular formula is C44H49N5O8Si. The van der Waals surface area contributed by atoms with E-state index in [1.807, 2.05) is 79.7 Å². The molecule has 3 amide bonds. The molecule has 13 nitrogen and oxygen atoms in total. The molecule has 0 bridgehead atoms. The van der Waals surface area contributed by atoms with E-state index in [4.69, 9.17) is 9.47 Å². The summed E-state index contributed by atoms with van der Waals surface area (Å²) in [6.45, 7) is 8.27. The van der Waals surface area contributed by atoms with Crippen molar-refractivity contribution in [2.45, 2.75) is 69.2 Å². The average Bonchev–Trinajstić information content (AvgIpc) is 3.66. The van der Waals surface area contributed by atoms with Crippen LogP contribution in [0, 0.1) is 16.0 Å². The van der Waals surface area contributed by atoms with E-state index in [0.717, 1.165) is 27.6 Å². The van der Waals surface area contributed by atoms with E-state index in [1.54, 1.807) is 27.9 Å². The predicted molar refractivity (Wildman–Crippen MR) is 222 cm³/mol. The van der Waals surface area contributed by atoms with Crippen LogP contribution in [0.15, 0.2) is 91.0 Å². The lowest BCUT2D eigenvalue weighted by molar-refractivity contribution is -0.385. The number of carbonyl (C=O) groups is 3. The summed E-state index contributed by atoms with van der Waals surface area (Å²) in [7, 11) is -1.04. The molecule has 8 rings (SSSR count). The molecule has 58 heavy (non-hydrogen) atoms. The van der Waals surface area contributed by atoms with Crippen molar-refractivity contribution < 1.29 is 33.9 Å². The van der Waals surface area contributed by atoms with Gasteiger partial charge in [0.25, 0.3) is 11.6 Å². The third kappa shape index (κ3) is 6.67. The van der Waals surface area contributed by atoms with Crippen LogP contribution in [-0.2, 0) is 44.2 Å². The van der Waals surface area contributed by atoms with Crippen LogP contribution in [0.4, 0.5) is 17.1 Å². The number of hydrogen-bond donors (Lipinski definition) is 2. The van der Waals surface area contributed by atoms with Crippen LogP contribution in [0.2, 0.25) is 18.6 Å². The van der Waals surface area contributed by atoms with E-state index in [1.165, 1.54) is 12.1 Å². The molecule has 2 N–H and O–H groups in total. The highest BCUT2D eigenvalue weighted by Gasteiger charge is 2.67. The zero-order valence-electron chi connectivity index (χ0n) is 33.2. The van der Waals surface area contributed by atoms with Crippen molar-refractivity contribution in [1.29, 1.82) is 0 Å². The van der Waals surface area contributed by atoms with Crippen LogP contribution in [0.1, 0.15) is 35.6 Å². The molecule has 4 aromatic rings. The Kier molecular flexibility index (Phi) is 10.5. The standard InChI is InChI=1S/C44H49N5O8Si/c1-28-42(58(3,4)36-16-14-35(56-2)15-17-36)39(23-40(51)47-26-31-8-6-5-7-30(31)21-34(47)27-50)57-44(28)37-22-33(49(54)55)13-18-38(37)48(43(44)53)25-29-9-11-32(12-10-29)46-20-19-45-24-41(46)52/h5-18,22,28,34,39,42,45,50H,19-21,23-27H2,1-4H3/t28-,34-,39+,42-,44+/m0/s1. The number of hydrogen-bond acceptors (Lipinski definition) is 9. The van der Waals surface area contributed by atoms with E-state index in [2.05, 4.69) is 18.4 Å². The largest absolute Gasteiger partial charge is 0.497 e. The molecule has 302 valence electrons. The fraction of sp³-hybridized carbons (Fsp3) is 0.386. The molecule has 5 atom stereocenters. The molecule has 4 aromatic carbocycles. The average molecular weight is 804 g/mol. The fourth-order valence-corrected chi connectivity index (χ4v) is 14.0. The first-order valence-corrected chi connectivity index (χ1v) is 23.0. The maximum atomic E-state index is 15.3. The normalized spacial score (nSPS) is 24.3. The number of methoxy groups -OCH3 is 1. The second kappa shape index (κ2) is 15.4. The Morgan fingerprint density at radius 3 is 2.43 bits per heavy atom. The SMILES string of the molecule is COc1ccc([Si](C)(C)[C@@H]2[C@@H](CC(=O)N3Cc4ccccc4C[C@H]3CO)O[C@]3(C(=O)N(Cc4ccc(N5CCNCC5=O)cc4)c4ccc([N+](=O)[O-])cc43)[C@H]2C)cc1. The van der Waals surface area contributed by atoms with Crippen molar-refractivity contribution >= 4 is 48.0 Å². The Bertz CT molecular complexity index is 2250. The van der Waals surface area contributed by atoms with E-state index in [9.17, 15) is 24.8 Å². The summed E-state index contributed by atoms with van der Waals surface area (Å²) in [4.78, 5) is 59.4. The molecule has 1 spiro atoms. The Balaban J connectivity index is 1.18. The Morgan fingerprint density at radius 1 is 1.03 bits per heavy atom. The second-order valence-electron chi connectivity index (χ2n) is 16.4. The van der Waals surface area contributed by atoms with Crippen LogP contribution in [-0.4, -0.2) is 86.2 Å². The number of benzene rings is 4. The van der Waals surface area contributed by atoms with E-state index in [0.29, 0.717) is 43.1 Å². The van der Waals surface area contributed by atoms with Crippen molar-refractivity contribution in [2.24, 2.45) is 5.92 Å². The number of carbonyl (C=O) groups excluding carboxylic acids is 3. The number of nitrogens with zero attached hydrogens (tertiary/aromatic N) is 4. The predicted octanol–water partition coefficient (Wildman–Crippen LogP) is 4.64. The number of nitro groups is 1. The van der Waals surface area contributed by atoms with Gasteiger partial charge in [0.2, 0.25) is 11.8 Å². The molecule has 4 heterocycles. The number of aliphatic hydroxyl groups excluding tert-OH is 1. The van der Waals surface area contributed by atoms with Gasteiger partial charge in [-0.3, -0.25) is 24.5 Å². The molecule has 0 saturated carbocycles. The number of rotatable bonds is 10. The van der Waals surface area contributed by atoms with Crippen molar-refractivity contribution in [3.8, 4) is 5.75 Å². The van der Waals surface area contributed by atoms with Gasteiger partial charge in [0.15, 0.2) is 5.60 Å². The molecule has 2 saturated heterocycles. The summed E-state index contributed by atoms with van der Waals surface area (Å²) in [5.74, 6) is -0.319. The van der Waals surface area contributed by atoms with E-state index < -0.39 is 36.7 Å². The minimum absolute atomic E-state index is 0.0146. The van der Waals surface area contributed by atoms with Gasteiger partial charge in [-0.2, -0.15) is 0 Å². The molecule has 0 aromatic heterocycles. The van der Waals surface area contributed by atoms with Crippen molar-refractivity contribution in [3.63, 3.8) is 0 Å². The number of nitro benzene ring substituents is 1. The maximum absolute atomic E-state index is 15.3. The molecule has 14 heteroatoms. The monoisotopic (exact) mass is 803 g/mol. The zero-order chi connectivity index (χ0) is 40.9. The Morgan fingerprint density at radius 2 is 1.76 bits per heavy atom. The molecule has 4 aliphatic rings. The van der Waals surface area contributed by atoms with E-state index >= 15 is 4.79 Å².